The molecule has 3 rings (SSSR count). The van der Waals surface area contributed by atoms with Gasteiger partial charge in [0.25, 0.3) is 0 Å². The number of aliphatic imine (C=N–C) groups is 1. The maximum absolute atomic E-state index is 12.2. The van der Waals surface area contributed by atoms with Crippen LogP contribution in [-0.2, 0) is 28.0 Å². The first-order valence-corrected chi connectivity index (χ1v) is 10.7. The van der Waals surface area contributed by atoms with E-state index in [1.807, 2.05) is 18.2 Å². The monoisotopic (exact) mass is 577 g/mol. The molecule has 0 aliphatic carbocycles. The van der Waals surface area contributed by atoms with Crippen LogP contribution in [-0.4, -0.2) is 45.5 Å². The predicted octanol–water partition coefficient (Wildman–Crippen LogP) is 4.80. The molecule has 0 saturated carbocycles. The average molecular weight is 577 g/mol. The van der Waals surface area contributed by atoms with E-state index in [9.17, 15) is 13.2 Å². The molecule has 2 aromatic carbocycles. The molecule has 0 radical (unpaired) electrons. The van der Waals surface area contributed by atoms with Crippen LogP contribution >= 0.6 is 24.0 Å². The van der Waals surface area contributed by atoms with Gasteiger partial charge in [-0.2, -0.15) is 13.2 Å². The molecule has 1 aliphatic rings. The Morgan fingerprint density at radius 3 is 2.24 bits per heavy atom. The molecule has 1 saturated heterocycles. The van der Waals surface area contributed by atoms with Crippen LogP contribution in [0.3, 0.4) is 0 Å². The van der Waals surface area contributed by atoms with Crippen molar-refractivity contribution in [3.8, 4) is 0 Å². The lowest BCUT2D eigenvalue weighted by atomic mass is 9.74. The van der Waals surface area contributed by atoms with Gasteiger partial charge in [-0.05, 0) is 29.5 Å². The minimum atomic E-state index is -4.31. The van der Waals surface area contributed by atoms with E-state index >= 15 is 0 Å². The van der Waals surface area contributed by atoms with Crippen LogP contribution in [0.1, 0.15) is 29.5 Å². The summed E-state index contributed by atoms with van der Waals surface area (Å²) < 4.78 is 46.8. The fourth-order valence-electron chi connectivity index (χ4n) is 3.82. The highest BCUT2D eigenvalue weighted by atomic mass is 127. The lowest BCUT2D eigenvalue weighted by Gasteiger charge is -2.38. The van der Waals surface area contributed by atoms with Gasteiger partial charge in [0.15, 0.2) is 5.96 Å². The number of benzene rings is 2. The molecular formula is C24H31F3IN3O2. The third kappa shape index (κ3) is 8.78. The van der Waals surface area contributed by atoms with Crippen molar-refractivity contribution < 1.29 is 22.6 Å². The van der Waals surface area contributed by atoms with E-state index in [2.05, 4.69) is 39.9 Å². The molecule has 1 fully saturated rings. The van der Waals surface area contributed by atoms with Crippen LogP contribution < -0.4 is 10.6 Å². The van der Waals surface area contributed by atoms with Gasteiger partial charge in [0, 0.05) is 38.8 Å². The Bertz CT molecular complexity index is 856. The summed E-state index contributed by atoms with van der Waals surface area (Å²) in [5.41, 5.74) is 2.99. The summed E-state index contributed by atoms with van der Waals surface area (Å²) in [6.45, 7) is 1.46. The average Bonchev–Trinajstić information content (AvgIpc) is 2.80. The largest absolute Gasteiger partial charge is 0.411 e. The van der Waals surface area contributed by atoms with E-state index in [0.29, 0.717) is 18.1 Å². The Kier molecular flexibility index (Phi) is 10.9. The lowest BCUT2D eigenvalue weighted by molar-refractivity contribution is -0.176. The van der Waals surface area contributed by atoms with Crippen molar-refractivity contribution in [2.75, 3.05) is 33.4 Å². The van der Waals surface area contributed by atoms with Gasteiger partial charge in [0.05, 0.1) is 6.61 Å². The Labute approximate surface area is 210 Å². The summed E-state index contributed by atoms with van der Waals surface area (Å²) >= 11 is 0. The van der Waals surface area contributed by atoms with Gasteiger partial charge in [-0.1, -0.05) is 54.6 Å². The van der Waals surface area contributed by atoms with Crippen LogP contribution in [0.25, 0.3) is 0 Å². The Morgan fingerprint density at radius 2 is 1.64 bits per heavy atom. The molecule has 0 spiro atoms. The number of nitrogens with one attached hydrogen (secondary N) is 2. The Balaban J connectivity index is 0.00000385. The number of halogens is 4. The molecule has 1 aliphatic heterocycles. The minimum absolute atomic E-state index is 0. The third-order valence-corrected chi connectivity index (χ3v) is 5.67. The van der Waals surface area contributed by atoms with Gasteiger partial charge < -0.3 is 20.1 Å². The summed E-state index contributed by atoms with van der Waals surface area (Å²) in [4.78, 5) is 4.33. The van der Waals surface area contributed by atoms with E-state index in [1.165, 1.54) is 5.56 Å². The van der Waals surface area contributed by atoms with E-state index in [0.717, 1.165) is 38.2 Å². The summed E-state index contributed by atoms with van der Waals surface area (Å²) in [5.74, 6) is 0.699. The maximum atomic E-state index is 12.2. The number of rotatable bonds is 8. The molecule has 0 unspecified atom stereocenters. The molecule has 182 valence electrons. The molecule has 33 heavy (non-hydrogen) atoms. The highest BCUT2D eigenvalue weighted by molar-refractivity contribution is 14.0. The second-order valence-electron chi connectivity index (χ2n) is 7.96. The number of hydrogen-bond acceptors (Lipinski definition) is 3. The molecule has 0 atom stereocenters. The van der Waals surface area contributed by atoms with Crippen molar-refractivity contribution in [3.63, 3.8) is 0 Å². The quantitative estimate of drug-likeness (QED) is 0.269. The highest BCUT2D eigenvalue weighted by Gasteiger charge is 2.34. The van der Waals surface area contributed by atoms with Crippen LogP contribution in [0.5, 0.6) is 0 Å². The molecule has 9 heteroatoms. The predicted molar refractivity (Wildman–Crippen MR) is 134 cm³/mol. The smallest absolute Gasteiger partial charge is 0.381 e. The van der Waals surface area contributed by atoms with Crippen LogP contribution in [0.15, 0.2) is 59.6 Å². The molecule has 0 bridgehead atoms. The van der Waals surface area contributed by atoms with Crippen molar-refractivity contribution in [2.24, 2.45) is 4.99 Å². The minimum Gasteiger partial charge on any atom is -0.381 e. The van der Waals surface area contributed by atoms with Crippen molar-refractivity contribution in [1.82, 2.24) is 10.6 Å². The fraction of sp³-hybridized carbons (Fsp3) is 0.458. The van der Waals surface area contributed by atoms with Gasteiger partial charge in [-0.15, -0.1) is 24.0 Å². The molecule has 2 N–H and O–H groups in total. The fourth-order valence-corrected chi connectivity index (χ4v) is 3.82. The van der Waals surface area contributed by atoms with E-state index < -0.39 is 12.8 Å². The number of hydrogen-bond donors (Lipinski definition) is 2. The number of ether oxygens (including phenoxy) is 2. The van der Waals surface area contributed by atoms with Crippen LogP contribution in [0, 0.1) is 0 Å². The summed E-state index contributed by atoms with van der Waals surface area (Å²) in [5, 5.41) is 6.76. The number of guanidine groups is 1. The van der Waals surface area contributed by atoms with Crippen molar-refractivity contribution in [3.05, 3.63) is 71.3 Å². The van der Waals surface area contributed by atoms with Gasteiger partial charge in [-0.25, -0.2) is 0 Å². The normalized spacial score (nSPS) is 16.1. The highest BCUT2D eigenvalue weighted by Crippen LogP contribution is 2.34. The van der Waals surface area contributed by atoms with Gasteiger partial charge in [-0.3, -0.25) is 4.99 Å². The van der Waals surface area contributed by atoms with Gasteiger partial charge in [0.2, 0.25) is 0 Å². The Morgan fingerprint density at radius 1 is 1.00 bits per heavy atom. The van der Waals surface area contributed by atoms with E-state index in [-0.39, 0.29) is 36.0 Å². The molecule has 5 nitrogen and oxygen atoms in total. The van der Waals surface area contributed by atoms with Gasteiger partial charge in [0.1, 0.15) is 6.61 Å². The van der Waals surface area contributed by atoms with Gasteiger partial charge >= 0.3 is 6.18 Å². The zero-order valence-corrected chi connectivity index (χ0v) is 21.0. The Hall–Kier alpha value is -1.85. The molecule has 2 aromatic rings. The summed E-state index contributed by atoms with van der Waals surface area (Å²) in [7, 11) is 1.73. The van der Waals surface area contributed by atoms with Crippen molar-refractivity contribution >= 4 is 29.9 Å². The van der Waals surface area contributed by atoms with E-state index in [4.69, 9.17) is 9.47 Å². The molecule has 0 amide bonds. The summed E-state index contributed by atoms with van der Waals surface area (Å²) in [6, 6.07) is 17.8. The zero-order valence-electron chi connectivity index (χ0n) is 18.7. The lowest BCUT2D eigenvalue weighted by Crippen LogP contribution is -2.47. The molecule has 0 aromatic heterocycles. The molecule has 1 heterocycles. The number of alkyl halides is 3. The van der Waals surface area contributed by atoms with Crippen LogP contribution in [0.4, 0.5) is 13.2 Å². The molecular weight excluding hydrogens is 546 g/mol. The maximum Gasteiger partial charge on any atom is 0.411 e. The standard InChI is InChI=1S/C24H30F3N3O2.HI/c1-28-22(29-15-19-7-9-20(10-8-19)16-32-18-24(25,26)27)30-17-23(11-13-31-14-12-23)21-5-3-2-4-6-21;/h2-10H,11-18H2,1H3,(H2,28,29,30);1H. The first kappa shape index (κ1) is 27.4. The second kappa shape index (κ2) is 13.1. The topological polar surface area (TPSA) is 54.9 Å². The first-order valence-electron chi connectivity index (χ1n) is 10.7. The second-order valence-corrected chi connectivity index (χ2v) is 7.96. The third-order valence-electron chi connectivity index (χ3n) is 5.67. The number of nitrogens with zero attached hydrogens (tertiary/aromatic N) is 1. The van der Waals surface area contributed by atoms with Crippen molar-refractivity contribution in [1.29, 1.82) is 0 Å². The SMILES string of the molecule is CN=C(NCc1ccc(COCC(F)(F)F)cc1)NCC1(c2ccccc2)CCOCC1.I. The van der Waals surface area contributed by atoms with Crippen molar-refractivity contribution in [2.45, 2.75) is 37.6 Å². The first-order chi connectivity index (χ1) is 15.4. The zero-order chi connectivity index (χ0) is 22.9. The summed E-state index contributed by atoms with van der Waals surface area (Å²) in [6.07, 6.45) is -2.42. The van der Waals surface area contributed by atoms with E-state index in [1.54, 1.807) is 19.2 Å². The van der Waals surface area contributed by atoms with Crippen LogP contribution in [0.2, 0.25) is 0 Å².